The van der Waals surface area contributed by atoms with Gasteiger partial charge in [0.2, 0.25) is 29.5 Å². The number of aliphatic hydroxyl groups excluding tert-OH is 1. The summed E-state index contributed by atoms with van der Waals surface area (Å²) in [4.78, 5) is 65.2. The average molecular weight is 670 g/mol. The first-order chi connectivity index (χ1) is 23.2. The summed E-state index contributed by atoms with van der Waals surface area (Å²) >= 11 is 0. The van der Waals surface area contributed by atoms with E-state index in [2.05, 4.69) is 15.6 Å². The van der Waals surface area contributed by atoms with Crippen LogP contribution in [0.5, 0.6) is 0 Å². The van der Waals surface area contributed by atoms with Gasteiger partial charge in [-0.2, -0.15) is 0 Å². The fourth-order valence-electron chi connectivity index (χ4n) is 6.43. The molecule has 0 unspecified atom stereocenters. The predicted molar refractivity (Wildman–Crippen MR) is 176 cm³/mol. The van der Waals surface area contributed by atoms with Crippen LogP contribution in [0.2, 0.25) is 0 Å². The molecule has 0 radical (unpaired) electrons. The number of hydrogen-bond donors (Lipinski definition) is 3. The molecule has 13 nitrogen and oxygen atoms in total. The van der Waals surface area contributed by atoms with Crippen molar-refractivity contribution in [2.24, 2.45) is 11.3 Å². The zero-order chi connectivity index (χ0) is 35.4. The number of rotatable bonds is 6. The molecule has 3 N–H and O–H groups in total. The van der Waals surface area contributed by atoms with E-state index >= 15 is 0 Å². The number of carbonyl (C=O) groups is 4. The zero-order valence-corrected chi connectivity index (χ0v) is 28.4. The number of likely N-dealkylation sites (N-methyl/N-ethyl adjacent to an activating group) is 1. The van der Waals surface area contributed by atoms with Gasteiger partial charge in [-0.1, -0.05) is 77.1 Å². The molecule has 0 saturated carbocycles. The van der Waals surface area contributed by atoms with Gasteiger partial charge in [0.15, 0.2) is 22.6 Å². The maximum Gasteiger partial charge on any atom is 0.360 e. The van der Waals surface area contributed by atoms with E-state index in [1.807, 2.05) is 57.2 Å². The van der Waals surface area contributed by atoms with Gasteiger partial charge in [0.1, 0.15) is 24.5 Å². The summed E-state index contributed by atoms with van der Waals surface area (Å²) in [7, 11) is 2.89. The molecule has 0 aliphatic carbocycles. The molecule has 13 heteroatoms. The quantitative estimate of drug-likeness (QED) is 0.257. The molecule has 4 atom stereocenters. The van der Waals surface area contributed by atoms with Crippen molar-refractivity contribution in [1.29, 1.82) is 0 Å². The van der Waals surface area contributed by atoms with E-state index in [4.69, 9.17) is 18.6 Å². The van der Waals surface area contributed by atoms with Crippen LogP contribution in [0.4, 0.5) is 5.69 Å². The lowest BCUT2D eigenvalue weighted by atomic mass is 9.72. The van der Waals surface area contributed by atoms with Crippen LogP contribution in [-0.4, -0.2) is 65.1 Å². The van der Waals surface area contributed by atoms with Gasteiger partial charge in [0.25, 0.3) is 0 Å². The third-order valence-corrected chi connectivity index (χ3v) is 9.12. The Labute approximate surface area is 283 Å². The molecule has 256 valence electrons. The number of fused-ring (bicyclic) bond motifs is 4. The number of aromatic nitrogens is 2. The molecule has 2 aliphatic heterocycles. The number of ether oxygens (including phenoxy) is 1. The van der Waals surface area contributed by atoms with Gasteiger partial charge in [-0.25, -0.2) is 14.8 Å². The van der Waals surface area contributed by atoms with Crippen LogP contribution in [0.15, 0.2) is 63.6 Å². The number of benzene rings is 2. The lowest BCUT2D eigenvalue weighted by Gasteiger charge is -2.32. The summed E-state index contributed by atoms with van der Waals surface area (Å²) in [5.74, 6) is -2.63. The van der Waals surface area contributed by atoms with Gasteiger partial charge >= 0.3 is 5.97 Å². The van der Waals surface area contributed by atoms with Crippen molar-refractivity contribution in [3.8, 4) is 11.6 Å². The largest absolute Gasteiger partial charge is 0.464 e. The number of nitrogens with one attached hydrogen (secondary N) is 2. The molecule has 3 amide bonds. The van der Waals surface area contributed by atoms with Gasteiger partial charge in [-0.05, 0) is 28.5 Å². The number of esters is 1. The van der Waals surface area contributed by atoms with Crippen molar-refractivity contribution < 1.29 is 37.9 Å². The van der Waals surface area contributed by atoms with Crippen LogP contribution in [0.3, 0.4) is 0 Å². The minimum atomic E-state index is -1.61. The molecule has 2 aromatic carbocycles. The molecule has 2 aromatic heterocycles. The van der Waals surface area contributed by atoms with Crippen LogP contribution in [-0.2, 0) is 31.0 Å². The van der Waals surface area contributed by atoms with E-state index < -0.39 is 46.8 Å². The molecule has 6 rings (SSSR count). The topological polar surface area (TPSA) is 177 Å². The first kappa shape index (κ1) is 33.6. The number of carbonyl (C=O) groups excluding carboxylic acids is 4. The van der Waals surface area contributed by atoms with Crippen molar-refractivity contribution in [1.82, 2.24) is 20.6 Å². The van der Waals surface area contributed by atoms with Gasteiger partial charge in [-0.3, -0.25) is 14.4 Å². The molecule has 2 aliphatic rings. The van der Waals surface area contributed by atoms with Crippen molar-refractivity contribution in [2.75, 3.05) is 19.1 Å². The number of oxazole rings is 2. The maximum absolute atomic E-state index is 14.8. The smallest absolute Gasteiger partial charge is 0.360 e. The Balaban J connectivity index is 1.67. The predicted octanol–water partition coefficient (Wildman–Crippen LogP) is 3.69. The highest BCUT2D eigenvalue weighted by Crippen LogP contribution is 2.53. The molecule has 0 fully saturated rings. The first-order valence-corrected chi connectivity index (χ1v) is 16.0. The van der Waals surface area contributed by atoms with Crippen LogP contribution < -0.4 is 15.5 Å². The summed E-state index contributed by atoms with van der Waals surface area (Å²) in [6.07, 6.45) is -0.146. The minimum Gasteiger partial charge on any atom is -0.464 e. The van der Waals surface area contributed by atoms with Gasteiger partial charge in [0, 0.05) is 24.7 Å². The lowest BCUT2D eigenvalue weighted by molar-refractivity contribution is -0.136. The van der Waals surface area contributed by atoms with Crippen molar-refractivity contribution in [3.05, 3.63) is 88.8 Å². The second-order valence-corrected chi connectivity index (χ2v) is 13.9. The van der Waals surface area contributed by atoms with Gasteiger partial charge < -0.3 is 34.2 Å². The van der Waals surface area contributed by atoms with E-state index in [0.29, 0.717) is 22.4 Å². The van der Waals surface area contributed by atoms with Crippen LogP contribution >= 0.6 is 0 Å². The van der Waals surface area contributed by atoms with Gasteiger partial charge in [-0.15, -0.1) is 0 Å². The standard InChI is InChI=1S/C36H39N5O8/c1-18(2)26(42)30(44)37-22-16-19-13-14-24-21(15-19)36(34(46)41(24)6,20-11-9-8-10-12-20)28-25(31-38-23(17-48-31)33(45)47-7)39-32(49-28)27(35(3,4)5)40-29(22)43/h8-15,17-18,22,26-27,42H,16H2,1-7H3,(H,37,44)(H,40,43)/t22-,26-,27+,36-/m0/s1. The van der Waals surface area contributed by atoms with E-state index in [1.54, 1.807) is 33.0 Å². The monoisotopic (exact) mass is 669 g/mol. The Morgan fingerprint density at radius 3 is 2.49 bits per heavy atom. The number of anilines is 1. The lowest BCUT2D eigenvalue weighted by Crippen LogP contribution is -2.53. The summed E-state index contributed by atoms with van der Waals surface area (Å²) in [5, 5.41) is 16.3. The van der Waals surface area contributed by atoms with Crippen LogP contribution in [0.25, 0.3) is 11.6 Å². The average Bonchev–Trinajstić information content (AvgIpc) is 3.78. The maximum atomic E-state index is 14.8. The fraction of sp³-hybridized carbons (Fsp3) is 0.389. The fourth-order valence-corrected chi connectivity index (χ4v) is 6.43. The highest BCUT2D eigenvalue weighted by Gasteiger charge is 2.57. The molecule has 49 heavy (non-hydrogen) atoms. The molecular formula is C36H39N5O8. The third kappa shape index (κ3) is 5.57. The van der Waals surface area contributed by atoms with Crippen LogP contribution in [0.1, 0.15) is 79.5 Å². The Bertz CT molecular complexity index is 1940. The second-order valence-electron chi connectivity index (χ2n) is 13.9. The molecule has 0 spiro atoms. The normalized spacial score (nSPS) is 21.1. The van der Waals surface area contributed by atoms with Crippen molar-refractivity contribution in [3.63, 3.8) is 0 Å². The highest BCUT2D eigenvalue weighted by atomic mass is 16.5. The van der Waals surface area contributed by atoms with Crippen molar-refractivity contribution in [2.45, 2.75) is 64.6 Å². The molecule has 0 saturated heterocycles. The molecular weight excluding hydrogens is 630 g/mol. The van der Waals surface area contributed by atoms with Gasteiger partial charge in [0.05, 0.1) is 7.11 Å². The Morgan fingerprint density at radius 1 is 1.12 bits per heavy atom. The number of hydrogen-bond acceptors (Lipinski definition) is 10. The molecule has 4 aromatic rings. The highest BCUT2D eigenvalue weighted by molar-refractivity contribution is 6.13. The van der Waals surface area contributed by atoms with E-state index in [-0.39, 0.29) is 47.2 Å². The summed E-state index contributed by atoms with van der Waals surface area (Å²) in [6.45, 7) is 9.06. The molecule has 4 heterocycles. The molecule has 4 bridgehead atoms. The van der Waals surface area contributed by atoms with E-state index in [1.165, 1.54) is 12.0 Å². The van der Waals surface area contributed by atoms with Crippen molar-refractivity contribution >= 4 is 29.4 Å². The number of methoxy groups -OCH3 is 1. The minimum absolute atomic E-state index is 0.0481. The Hall–Kier alpha value is -5.30. The second kappa shape index (κ2) is 12.3. The Morgan fingerprint density at radius 2 is 1.84 bits per heavy atom. The Kier molecular flexibility index (Phi) is 8.43. The number of nitrogens with zero attached hydrogens (tertiary/aromatic N) is 3. The van der Waals surface area contributed by atoms with E-state index in [9.17, 15) is 24.3 Å². The zero-order valence-electron chi connectivity index (χ0n) is 28.4. The summed E-state index contributed by atoms with van der Waals surface area (Å²) < 4.78 is 17.3. The number of aliphatic hydroxyl groups is 1. The number of amides is 3. The SMILES string of the molecule is COC(=O)c1coc(-c2nc3oc2[C@@]2(c4ccccc4)C(=O)N(C)c4ccc(cc42)C[C@H](NC(=O)[C@@H](O)C(C)C)C(=O)N[C@H]3C(C)(C)C)n1. The summed E-state index contributed by atoms with van der Waals surface area (Å²) in [6, 6.07) is 12.5. The summed E-state index contributed by atoms with van der Waals surface area (Å²) in [5.41, 5.74) is -0.0252. The van der Waals surface area contributed by atoms with Crippen LogP contribution in [0, 0.1) is 11.3 Å². The first-order valence-electron chi connectivity index (χ1n) is 16.0. The van der Waals surface area contributed by atoms with E-state index in [0.717, 1.165) is 6.26 Å². The third-order valence-electron chi connectivity index (χ3n) is 9.12.